The predicted octanol–water partition coefficient (Wildman–Crippen LogP) is 7.88. The summed E-state index contributed by atoms with van der Waals surface area (Å²) in [7, 11) is 0. The van der Waals surface area contributed by atoms with Crippen molar-refractivity contribution in [1.29, 1.82) is 0 Å². The van der Waals surface area contributed by atoms with Crippen molar-refractivity contribution in [2.45, 2.75) is 52.6 Å². The smallest absolute Gasteiger partial charge is 0.0429 e. The predicted molar refractivity (Wildman–Crippen MR) is 153 cm³/mol. The van der Waals surface area contributed by atoms with Crippen LogP contribution in [-0.4, -0.2) is 13.1 Å². The van der Waals surface area contributed by atoms with Gasteiger partial charge in [0.15, 0.2) is 0 Å². The van der Waals surface area contributed by atoms with E-state index < -0.39 is 0 Å². The molecule has 2 heterocycles. The van der Waals surface area contributed by atoms with Crippen LogP contribution in [0.4, 0.5) is 11.4 Å². The molecule has 2 heteroatoms. The van der Waals surface area contributed by atoms with Gasteiger partial charge in [-0.1, -0.05) is 83.9 Å². The summed E-state index contributed by atoms with van der Waals surface area (Å²) in [6.45, 7) is 8.62. The Morgan fingerprint density at radius 3 is 1.36 bits per heavy atom. The molecular formula is C34H36N2. The molecule has 0 saturated carbocycles. The van der Waals surface area contributed by atoms with Gasteiger partial charge >= 0.3 is 0 Å². The number of fused-ring (bicyclic) bond motifs is 2. The fourth-order valence-electron chi connectivity index (χ4n) is 5.98. The minimum atomic E-state index is 0.978. The van der Waals surface area contributed by atoms with Crippen LogP contribution in [0.15, 0.2) is 84.9 Å². The Balaban J connectivity index is 1.13. The Morgan fingerprint density at radius 1 is 0.528 bits per heavy atom. The van der Waals surface area contributed by atoms with E-state index in [1.807, 2.05) is 0 Å². The molecule has 0 aromatic heterocycles. The highest BCUT2D eigenvalue weighted by Gasteiger charge is 2.18. The molecule has 2 nitrogen and oxygen atoms in total. The van der Waals surface area contributed by atoms with Crippen molar-refractivity contribution in [3.05, 3.63) is 118 Å². The summed E-state index contributed by atoms with van der Waals surface area (Å²) >= 11 is 0. The molecule has 4 aromatic carbocycles. The van der Waals surface area contributed by atoms with Crippen LogP contribution in [0.25, 0.3) is 11.1 Å². The highest BCUT2D eigenvalue weighted by atomic mass is 15.1. The summed E-state index contributed by atoms with van der Waals surface area (Å²) in [4.78, 5) is 5.09. The lowest BCUT2D eigenvalue weighted by atomic mass is 9.98. The van der Waals surface area contributed by atoms with Gasteiger partial charge in [-0.3, -0.25) is 0 Å². The third-order valence-corrected chi connectivity index (χ3v) is 7.89. The Morgan fingerprint density at radius 2 is 0.944 bits per heavy atom. The van der Waals surface area contributed by atoms with Crippen LogP contribution in [0.5, 0.6) is 0 Å². The van der Waals surface area contributed by atoms with Crippen molar-refractivity contribution in [2.75, 3.05) is 22.9 Å². The average molecular weight is 473 g/mol. The molecule has 0 aliphatic carbocycles. The SMILES string of the molecule is Cc1ccc2c(c1)CCCN2Cc1ccc(-c2ccc(CN3CCCc4cc(C)ccc43)cc2)cc1. The normalized spacial score (nSPS) is 14.9. The summed E-state index contributed by atoms with van der Waals surface area (Å²) in [6.07, 6.45) is 4.88. The zero-order chi connectivity index (χ0) is 24.5. The van der Waals surface area contributed by atoms with E-state index in [1.165, 1.54) is 81.6 Å². The van der Waals surface area contributed by atoms with Crippen molar-refractivity contribution < 1.29 is 0 Å². The van der Waals surface area contributed by atoms with E-state index in [9.17, 15) is 0 Å². The number of benzene rings is 4. The maximum atomic E-state index is 2.54. The Bertz CT molecular complexity index is 1240. The number of rotatable bonds is 5. The van der Waals surface area contributed by atoms with Gasteiger partial charge in [-0.05, 0) is 85.0 Å². The zero-order valence-corrected chi connectivity index (χ0v) is 21.6. The van der Waals surface area contributed by atoms with E-state index in [1.54, 1.807) is 0 Å². The quantitative estimate of drug-likeness (QED) is 0.291. The molecule has 0 amide bonds. The largest absolute Gasteiger partial charge is 0.367 e. The molecule has 182 valence electrons. The third kappa shape index (κ3) is 4.78. The van der Waals surface area contributed by atoms with Gasteiger partial charge in [0.25, 0.3) is 0 Å². The summed E-state index contributed by atoms with van der Waals surface area (Å²) in [6, 6.07) is 32.2. The summed E-state index contributed by atoms with van der Waals surface area (Å²) < 4.78 is 0. The monoisotopic (exact) mass is 472 g/mol. The lowest BCUT2D eigenvalue weighted by Crippen LogP contribution is -2.28. The first kappa shape index (κ1) is 22.9. The molecule has 2 aliphatic heterocycles. The Labute approximate surface area is 216 Å². The van der Waals surface area contributed by atoms with Crippen molar-refractivity contribution in [1.82, 2.24) is 0 Å². The van der Waals surface area contributed by atoms with Crippen molar-refractivity contribution in [3.8, 4) is 11.1 Å². The lowest BCUT2D eigenvalue weighted by molar-refractivity contribution is 0.690. The fourth-order valence-corrected chi connectivity index (χ4v) is 5.98. The number of aryl methyl sites for hydroxylation is 4. The van der Waals surface area contributed by atoms with Gasteiger partial charge in [-0.25, -0.2) is 0 Å². The van der Waals surface area contributed by atoms with Crippen LogP contribution in [0.3, 0.4) is 0 Å². The molecule has 2 aliphatic rings. The van der Waals surface area contributed by atoms with Gasteiger partial charge in [0.2, 0.25) is 0 Å². The van der Waals surface area contributed by atoms with Crippen LogP contribution >= 0.6 is 0 Å². The number of hydrogen-bond donors (Lipinski definition) is 0. The van der Waals surface area contributed by atoms with Crippen LogP contribution in [0, 0.1) is 13.8 Å². The molecule has 0 fully saturated rings. The molecule has 0 spiro atoms. The zero-order valence-electron chi connectivity index (χ0n) is 21.6. The van der Waals surface area contributed by atoms with Crippen molar-refractivity contribution in [2.24, 2.45) is 0 Å². The van der Waals surface area contributed by atoms with Crippen molar-refractivity contribution >= 4 is 11.4 Å². The molecule has 0 atom stereocenters. The summed E-state index contributed by atoms with van der Waals surface area (Å²) in [5.74, 6) is 0. The first-order chi connectivity index (χ1) is 17.6. The van der Waals surface area contributed by atoms with E-state index in [0.29, 0.717) is 0 Å². The minimum absolute atomic E-state index is 0.978. The molecule has 36 heavy (non-hydrogen) atoms. The fraction of sp³-hybridized carbons (Fsp3) is 0.294. The van der Waals surface area contributed by atoms with E-state index in [0.717, 1.165) is 26.2 Å². The summed E-state index contributed by atoms with van der Waals surface area (Å²) in [5, 5.41) is 0. The molecule has 0 unspecified atom stereocenters. The van der Waals surface area contributed by atoms with E-state index in [4.69, 9.17) is 0 Å². The van der Waals surface area contributed by atoms with Crippen LogP contribution in [-0.2, 0) is 25.9 Å². The first-order valence-corrected chi connectivity index (χ1v) is 13.5. The molecule has 0 bridgehead atoms. The second-order valence-corrected chi connectivity index (χ2v) is 10.7. The number of anilines is 2. The highest BCUT2D eigenvalue weighted by molar-refractivity contribution is 5.65. The van der Waals surface area contributed by atoms with Gasteiger partial charge in [-0.15, -0.1) is 0 Å². The second-order valence-electron chi connectivity index (χ2n) is 10.7. The summed E-state index contributed by atoms with van der Waals surface area (Å²) in [5.41, 5.74) is 13.9. The standard InChI is InChI=1S/C34H36N2/c1-25-7-17-33-31(21-25)5-3-19-35(33)23-27-9-13-29(14-10-27)30-15-11-28(12-16-30)24-36-20-4-6-32-22-26(2)8-18-34(32)36/h7-18,21-22H,3-6,19-20,23-24H2,1-2H3. The van der Waals surface area contributed by atoms with Gasteiger partial charge in [0.1, 0.15) is 0 Å². The van der Waals surface area contributed by atoms with E-state index in [2.05, 4.69) is 109 Å². The van der Waals surface area contributed by atoms with E-state index in [-0.39, 0.29) is 0 Å². The number of nitrogens with zero attached hydrogens (tertiary/aromatic N) is 2. The molecule has 0 saturated heterocycles. The third-order valence-electron chi connectivity index (χ3n) is 7.89. The second kappa shape index (κ2) is 9.85. The van der Waals surface area contributed by atoms with Crippen LogP contribution in [0.1, 0.15) is 46.2 Å². The topological polar surface area (TPSA) is 6.48 Å². The Hall–Kier alpha value is -3.52. The van der Waals surface area contributed by atoms with E-state index >= 15 is 0 Å². The maximum Gasteiger partial charge on any atom is 0.0429 e. The van der Waals surface area contributed by atoms with Crippen LogP contribution < -0.4 is 9.80 Å². The Kier molecular flexibility index (Phi) is 6.27. The van der Waals surface area contributed by atoms with Gasteiger partial charge in [0, 0.05) is 37.6 Å². The highest BCUT2D eigenvalue weighted by Crippen LogP contribution is 2.31. The van der Waals surface area contributed by atoms with Gasteiger partial charge in [-0.2, -0.15) is 0 Å². The minimum Gasteiger partial charge on any atom is -0.367 e. The first-order valence-electron chi connectivity index (χ1n) is 13.5. The average Bonchev–Trinajstić information content (AvgIpc) is 2.89. The lowest BCUT2D eigenvalue weighted by Gasteiger charge is -2.32. The van der Waals surface area contributed by atoms with Crippen molar-refractivity contribution in [3.63, 3.8) is 0 Å². The molecule has 0 radical (unpaired) electrons. The number of hydrogen-bond acceptors (Lipinski definition) is 2. The molecule has 4 aromatic rings. The molecular weight excluding hydrogens is 436 g/mol. The van der Waals surface area contributed by atoms with Gasteiger partial charge in [0.05, 0.1) is 0 Å². The van der Waals surface area contributed by atoms with Gasteiger partial charge < -0.3 is 9.80 Å². The molecule has 6 rings (SSSR count). The maximum absolute atomic E-state index is 2.54. The van der Waals surface area contributed by atoms with Crippen LogP contribution in [0.2, 0.25) is 0 Å². The molecule has 0 N–H and O–H groups in total.